The normalized spacial score (nSPS) is 11.2. The zero-order valence-corrected chi connectivity index (χ0v) is 10.1. The number of aromatic nitrogens is 2. The molecular weight excluding hydrogens is 242 g/mol. The Hall–Kier alpha value is -1.59. The van der Waals surface area contributed by atoms with Crippen LogP contribution in [0.2, 0.25) is 5.02 Å². The fourth-order valence-electron chi connectivity index (χ4n) is 1.66. The quantitative estimate of drug-likeness (QED) is 0.897. The van der Waals surface area contributed by atoms with Crippen molar-refractivity contribution in [2.45, 2.75) is 6.54 Å². The Morgan fingerprint density at radius 2 is 2.29 bits per heavy atom. The van der Waals surface area contributed by atoms with E-state index >= 15 is 0 Å². The van der Waals surface area contributed by atoms with Crippen LogP contribution in [0.4, 0.5) is 0 Å². The highest BCUT2D eigenvalue weighted by atomic mass is 35.5. The number of carboxylic acid groups (broad SMARTS) is 1. The highest BCUT2D eigenvalue weighted by molar-refractivity contribution is 6.30. The number of rotatable bonds is 4. The summed E-state index contributed by atoms with van der Waals surface area (Å²) in [5.74, 6) is -0.848. The lowest BCUT2D eigenvalue weighted by Crippen LogP contribution is -2.25. The zero-order valence-electron chi connectivity index (χ0n) is 9.30. The van der Waals surface area contributed by atoms with Crippen LogP contribution in [0, 0.1) is 0 Å². The third-order valence-corrected chi connectivity index (χ3v) is 2.53. The molecule has 2 aromatic rings. The van der Waals surface area contributed by atoms with E-state index in [1.165, 1.54) is 0 Å². The van der Waals surface area contributed by atoms with Crippen LogP contribution in [-0.2, 0) is 11.3 Å². The molecule has 0 amide bonds. The fourth-order valence-corrected chi connectivity index (χ4v) is 1.82. The first-order chi connectivity index (χ1) is 8.04. The molecule has 2 aromatic heterocycles. The lowest BCUT2D eigenvalue weighted by atomic mass is 10.4. The molecule has 0 bridgehead atoms. The van der Waals surface area contributed by atoms with Crippen molar-refractivity contribution in [2.75, 3.05) is 13.6 Å². The molecule has 0 aliphatic rings. The van der Waals surface area contributed by atoms with Gasteiger partial charge >= 0.3 is 5.97 Å². The maximum absolute atomic E-state index is 10.5. The first kappa shape index (κ1) is 11.9. The molecule has 0 fully saturated rings. The molecule has 0 atom stereocenters. The van der Waals surface area contributed by atoms with E-state index in [1.54, 1.807) is 24.2 Å². The van der Waals surface area contributed by atoms with Gasteiger partial charge in [0.15, 0.2) is 0 Å². The monoisotopic (exact) mass is 253 g/mol. The van der Waals surface area contributed by atoms with Gasteiger partial charge in [0.25, 0.3) is 0 Å². The van der Waals surface area contributed by atoms with Crippen molar-refractivity contribution in [3.05, 3.63) is 35.2 Å². The van der Waals surface area contributed by atoms with E-state index < -0.39 is 5.97 Å². The molecule has 0 saturated carbocycles. The Morgan fingerprint density at radius 3 is 3.00 bits per heavy atom. The van der Waals surface area contributed by atoms with E-state index in [4.69, 9.17) is 16.7 Å². The molecule has 0 radical (unpaired) electrons. The Kier molecular flexibility index (Phi) is 3.31. The molecule has 17 heavy (non-hydrogen) atoms. The van der Waals surface area contributed by atoms with E-state index in [2.05, 4.69) is 4.98 Å². The number of carboxylic acids is 1. The summed E-state index contributed by atoms with van der Waals surface area (Å²) >= 11 is 5.87. The predicted octanol–water partition coefficient (Wildman–Crippen LogP) is 1.50. The summed E-state index contributed by atoms with van der Waals surface area (Å²) in [4.78, 5) is 16.6. The largest absolute Gasteiger partial charge is 0.480 e. The number of aliphatic carboxylic acids is 1. The number of hydrogen-bond donors (Lipinski definition) is 1. The predicted molar refractivity (Wildman–Crippen MR) is 64.2 cm³/mol. The molecule has 6 heteroatoms. The number of carbonyl (C=O) groups is 1. The minimum absolute atomic E-state index is 0.00533. The van der Waals surface area contributed by atoms with Crippen LogP contribution in [0.5, 0.6) is 0 Å². The molecule has 0 saturated heterocycles. The number of pyridine rings is 1. The number of hydrogen-bond acceptors (Lipinski definition) is 3. The molecule has 0 aliphatic carbocycles. The summed E-state index contributed by atoms with van der Waals surface area (Å²) in [6, 6.07) is 3.59. The van der Waals surface area contributed by atoms with E-state index in [0.29, 0.717) is 11.6 Å². The topological polar surface area (TPSA) is 57.8 Å². The average molecular weight is 254 g/mol. The van der Waals surface area contributed by atoms with E-state index in [-0.39, 0.29) is 6.54 Å². The van der Waals surface area contributed by atoms with Gasteiger partial charge in [-0.1, -0.05) is 11.6 Å². The van der Waals surface area contributed by atoms with Gasteiger partial charge in [-0.3, -0.25) is 9.69 Å². The van der Waals surface area contributed by atoms with Gasteiger partial charge in [-0.25, -0.2) is 4.98 Å². The van der Waals surface area contributed by atoms with Crippen molar-refractivity contribution in [3.8, 4) is 0 Å². The highest BCUT2D eigenvalue weighted by Crippen LogP contribution is 2.12. The second-order valence-electron chi connectivity index (χ2n) is 3.91. The van der Waals surface area contributed by atoms with Gasteiger partial charge in [0.05, 0.1) is 17.3 Å². The van der Waals surface area contributed by atoms with Crippen molar-refractivity contribution in [3.63, 3.8) is 0 Å². The Labute approximate surface area is 103 Å². The van der Waals surface area contributed by atoms with Crippen LogP contribution < -0.4 is 0 Å². The molecule has 0 aliphatic heterocycles. The van der Waals surface area contributed by atoms with Gasteiger partial charge in [-0.15, -0.1) is 0 Å². The maximum Gasteiger partial charge on any atom is 0.317 e. The van der Waals surface area contributed by atoms with Gasteiger partial charge in [0.2, 0.25) is 0 Å². The molecule has 90 valence electrons. The second kappa shape index (κ2) is 4.73. The Morgan fingerprint density at radius 1 is 1.53 bits per heavy atom. The van der Waals surface area contributed by atoms with Gasteiger partial charge in [-0.2, -0.15) is 0 Å². The lowest BCUT2D eigenvalue weighted by molar-refractivity contribution is -0.138. The number of nitrogens with zero attached hydrogens (tertiary/aromatic N) is 3. The molecule has 0 unspecified atom stereocenters. The number of halogens is 1. The van der Waals surface area contributed by atoms with Gasteiger partial charge in [-0.05, 0) is 19.2 Å². The Bertz CT molecular complexity index is 553. The average Bonchev–Trinajstić information content (AvgIpc) is 2.57. The summed E-state index contributed by atoms with van der Waals surface area (Å²) in [7, 11) is 1.74. The minimum Gasteiger partial charge on any atom is -0.480 e. The van der Waals surface area contributed by atoms with Crippen LogP contribution in [-0.4, -0.2) is 39.0 Å². The Balaban J connectivity index is 2.16. The zero-order chi connectivity index (χ0) is 12.4. The van der Waals surface area contributed by atoms with Gasteiger partial charge < -0.3 is 9.51 Å². The van der Waals surface area contributed by atoms with Crippen molar-refractivity contribution in [2.24, 2.45) is 0 Å². The molecule has 5 nitrogen and oxygen atoms in total. The first-order valence-electron chi connectivity index (χ1n) is 5.08. The van der Waals surface area contributed by atoms with E-state index in [1.807, 2.05) is 16.7 Å². The third-order valence-electron chi connectivity index (χ3n) is 2.30. The molecule has 0 spiro atoms. The molecule has 1 N–H and O–H groups in total. The van der Waals surface area contributed by atoms with Crippen LogP contribution in [0.15, 0.2) is 24.5 Å². The maximum atomic E-state index is 10.5. The minimum atomic E-state index is -0.848. The van der Waals surface area contributed by atoms with Crippen LogP contribution in [0.25, 0.3) is 5.65 Å². The smallest absolute Gasteiger partial charge is 0.317 e. The van der Waals surface area contributed by atoms with E-state index in [9.17, 15) is 4.79 Å². The second-order valence-corrected chi connectivity index (χ2v) is 4.35. The molecule has 2 heterocycles. The van der Waals surface area contributed by atoms with Crippen LogP contribution in [0.1, 0.15) is 5.69 Å². The van der Waals surface area contributed by atoms with Crippen molar-refractivity contribution in [1.82, 2.24) is 14.3 Å². The molecular formula is C11H12ClN3O2. The summed E-state index contributed by atoms with van der Waals surface area (Å²) in [6.45, 7) is 0.486. The van der Waals surface area contributed by atoms with Gasteiger partial charge in [0, 0.05) is 18.9 Å². The van der Waals surface area contributed by atoms with Crippen molar-refractivity contribution >= 4 is 23.2 Å². The third kappa shape index (κ3) is 2.95. The van der Waals surface area contributed by atoms with E-state index in [0.717, 1.165) is 11.3 Å². The summed E-state index contributed by atoms with van der Waals surface area (Å²) in [5, 5.41) is 9.29. The standard InChI is InChI=1S/C11H12ClN3O2/c1-14(7-11(16)17)5-9-6-15-4-8(12)2-3-10(15)13-9/h2-4,6H,5,7H2,1H3,(H,16,17). The summed E-state index contributed by atoms with van der Waals surface area (Å²) in [6.07, 6.45) is 3.62. The lowest BCUT2D eigenvalue weighted by Gasteiger charge is -2.11. The SMILES string of the molecule is CN(CC(=O)O)Cc1cn2cc(Cl)ccc2n1. The number of likely N-dealkylation sites (N-methyl/N-ethyl adjacent to an activating group) is 1. The molecule has 2 rings (SSSR count). The first-order valence-corrected chi connectivity index (χ1v) is 5.46. The highest BCUT2D eigenvalue weighted by Gasteiger charge is 2.08. The van der Waals surface area contributed by atoms with Gasteiger partial charge in [0.1, 0.15) is 5.65 Å². The van der Waals surface area contributed by atoms with Crippen molar-refractivity contribution < 1.29 is 9.90 Å². The number of fused-ring (bicyclic) bond motifs is 1. The van der Waals surface area contributed by atoms with Crippen LogP contribution in [0.3, 0.4) is 0 Å². The summed E-state index contributed by atoms with van der Waals surface area (Å²) < 4.78 is 1.83. The summed E-state index contributed by atoms with van der Waals surface area (Å²) in [5.41, 5.74) is 1.61. The fraction of sp³-hybridized carbons (Fsp3) is 0.273. The van der Waals surface area contributed by atoms with Crippen LogP contribution >= 0.6 is 11.6 Å². The van der Waals surface area contributed by atoms with Crippen molar-refractivity contribution in [1.29, 1.82) is 0 Å². The number of imidazole rings is 1. The molecule has 0 aromatic carbocycles.